The number of rotatable bonds is 4. The highest BCUT2D eigenvalue weighted by Crippen LogP contribution is 2.41. The van der Waals surface area contributed by atoms with E-state index in [1.165, 1.54) is 18.4 Å². The second kappa shape index (κ2) is 6.97. The third kappa shape index (κ3) is 4.00. The summed E-state index contributed by atoms with van der Waals surface area (Å²) in [6.45, 7) is 2.97. The summed E-state index contributed by atoms with van der Waals surface area (Å²) >= 11 is 0. The lowest BCUT2D eigenvalue weighted by molar-refractivity contribution is -0.184. The maximum absolute atomic E-state index is 12.7. The lowest BCUT2D eigenvalue weighted by Gasteiger charge is -2.37. The van der Waals surface area contributed by atoms with E-state index in [1.807, 2.05) is 0 Å². The number of hydrogen-bond donors (Lipinski definition) is 1. The van der Waals surface area contributed by atoms with Crippen molar-refractivity contribution in [1.82, 2.24) is 5.32 Å². The molecule has 2 aliphatic rings. The van der Waals surface area contributed by atoms with E-state index in [0.29, 0.717) is 37.6 Å². The highest BCUT2D eigenvalue weighted by Gasteiger charge is 2.42. The highest BCUT2D eigenvalue weighted by molar-refractivity contribution is 5.15. The molecule has 0 aromatic heterocycles. The van der Waals surface area contributed by atoms with Crippen LogP contribution in [-0.4, -0.2) is 18.8 Å². The molecule has 1 fully saturated rings. The van der Waals surface area contributed by atoms with Crippen molar-refractivity contribution in [2.24, 2.45) is 11.8 Å². The standard InChI is InChI=1S/C16H26F3N/c1-2-20-15(12-6-4-3-5-7-12)13-8-10-14(11-9-13)16(17,18)19/h6,13-15,20H,2-5,7-11H2,1H3. The summed E-state index contributed by atoms with van der Waals surface area (Å²) in [7, 11) is 0. The quantitative estimate of drug-likeness (QED) is 0.731. The lowest BCUT2D eigenvalue weighted by Crippen LogP contribution is -2.41. The van der Waals surface area contributed by atoms with Crippen molar-refractivity contribution >= 4 is 0 Å². The zero-order chi connectivity index (χ0) is 14.6. The van der Waals surface area contributed by atoms with Crippen molar-refractivity contribution in [3.63, 3.8) is 0 Å². The van der Waals surface area contributed by atoms with Crippen LogP contribution in [0, 0.1) is 11.8 Å². The zero-order valence-electron chi connectivity index (χ0n) is 12.3. The van der Waals surface area contributed by atoms with Crippen molar-refractivity contribution in [1.29, 1.82) is 0 Å². The normalized spacial score (nSPS) is 29.9. The second-order valence-electron chi connectivity index (χ2n) is 6.21. The number of allylic oxidation sites excluding steroid dienone is 1. The fraction of sp³-hybridized carbons (Fsp3) is 0.875. The summed E-state index contributed by atoms with van der Waals surface area (Å²) in [5.74, 6) is -0.681. The summed E-state index contributed by atoms with van der Waals surface area (Å²) in [4.78, 5) is 0. The van der Waals surface area contributed by atoms with Crippen molar-refractivity contribution < 1.29 is 13.2 Å². The molecule has 0 heterocycles. The van der Waals surface area contributed by atoms with Gasteiger partial charge < -0.3 is 5.32 Å². The molecule has 116 valence electrons. The Hall–Kier alpha value is -0.510. The molecule has 20 heavy (non-hydrogen) atoms. The van der Waals surface area contributed by atoms with Crippen molar-refractivity contribution in [2.75, 3.05) is 6.54 Å². The van der Waals surface area contributed by atoms with E-state index in [9.17, 15) is 13.2 Å². The first kappa shape index (κ1) is 15.9. The number of likely N-dealkylation sites (N-methyl/N-ethyl adjacent to an activating group) is 1. The van der Waals surface area contributed by atoms with E-state index in [2.05, 4.69) is 18.3 Å². The van der Waals surface area contributed by atoms with Crippen LogP contribution in [0.15, 0.2) is 11.6 Å². The molecule has 0 bridgehead atoms. The third-order valence-corrected chi connectivity index (χ3v) is 4.86. The van der Waals surface area contributed by atoms with Crippen molar-refractivity contribution in [2.45, 2.75) is 70.5 Å². The molecule has 1 nitrogen and oxygen atoms in total. The Morgan fingerprint density at radius 3 is 2.40 bits per heavy atom. The van der Waals surface area contributed by atoms with Gasteiger partial charge in [-0.3, -0.25) is 0 Å². The van der Waals surface area contributed by atoms with Gasteiger partial charge in [0.25, 0.3) is 0 Å². The number of nitrogens with one attached hydrogen (secondary N) is 1. The van der Waals surface area contributed by atoms with Gasteiger partial charge >= 0.3 is 6.18 Å². The van der Waals surface area contributed by atoms with Crippen molar-refractivity contribution in [3.05, 3.63) is 11.6 Å². The first-order chi connectivity index (χ1) is 9.52. The largest absolute Gasteiger partial charge is 0.391 e. The summed E-state index contributed by atoms with van der Waals surface area (Å²) in [5, 5.41) is 3.53. The van der Waals surface area contributed by atoms with E-state index in [1.54, 1.807) is 0 Å². The predicted octanol–water partition coefficient (Wildman–Crippen LogP) is 4.83. The van der Waals surface area contributed by atoms with Gasteiger partial charge in [0.05, 0.1) is 5.92 Å². The summed E-state index contributed by atoms with van der Waals surface area (Å²) in [6, 6.07) is 0.314. The molecule has 0 spiro atoms. The van der Waals surface area contributed by atoms with Crippen LogP contribution in [-0.2, 0) is 0 Å². The van der Waals surface area contributed by atoms with Crippen LogP contribution in [0.5, 0.6) is 0 Å². The Bertz CT molecular complexity index is 327. The molecule has 0 aliphatic heterocycles. The Labute approximate surface area is 120 Å². The van der Waals surface area contributed by atoms with Crippen molar-refractivity contribution in [3.8, 4) is 0 Å². The minimum atomic E-state index is -4.00. The van der Waals surface area contributed by atoms with Crippen LogP contribution in [0.2, 0.25) is 0 Å². The predicted molar refractivity (Wildman–Crippen MR) is 75.5 cm³/mol. The molecule has 0 radical (unpaired) electrons. The molecule has 1 unspecified atom stereocenters. The van der Waals surface area contributed by atoms with Gasteiger partial charge in [0, 0.05) is 6.04 Å². The minimum Gasteiger partial charge on any atom is -0.310 e. The third-order valence-electron chi connectivity index (χ3n) is 4.86. The average Bonchev–Trinajstić information content (AvgIpc) is 2.45. The van der Waals surface area contributed by atoms with Gasteiger partial charge in [-0.1, -0.05) is 18.6 Å². The summed E-state index contributed by atoms with van der Waals surface area (Å²) in [6.07, 6.45) is 5.10. The molecule has 1 N–H and O–H groups in total. The first-order valence-corrected chi connectivity index (χ1v) is 8.01. The molecular formula is C16H26F3N. The van der Waals surface area contributed by atoms with E-state index in [-0.39, 0.29) is 0 Å². The molecule has 1 saturated carbocycles. The second-order valence-corrected chi connectivity index (χ2v) is 6.21. The molecule has 2 aliphatic carbocycles. The topological polar surface area (TPSA) is 12.0 Å². The molecule has 0 aromatic carbocycles. The molecule has 1 atom stereocenters. The smallest absolute Gasteiger partial charge is 0.310 e. The Morgan fingerprint density at radius 1 is 1.20 bits per heavy atom. The first-order valence-electron chi connectivity index (χ1n) is 8.01. The van der Waals surface area contributed by atoms with Gasteiger partial charge in [0.1, 0.15) is 0 Å². The fourth-order valence-electron chi connectivity index (χ4n) is 3.75. The average molecular weight is 289 g/mol. The van der Waals surface area contributed by atoms with E-state index in [4.69, 9.17) is 0 Å². The number of alkyl halides is 3. The van der Waals surface area contributed by atoms with E-state index in [0.717, 1.165) is 19.4 Å². The fourth-order valence-corrected chi connectivity index (χ4v) is 3.75. The Balaban J connectivity index is 1.96. The van der Waals surface area contributed by atoms with E-state index < -0.39 is 12.1 Å². The molecule has 4 heteroatoms. The summed E-state index contributed by atoms with van der Waals surface area (Å²) in [5.41, 5.74) is 1.45. The zero-order valence-corrected chi connectivity index (χ0v) is 12.3. The number of hydrogen-bond acceptors (Lipinski definition) is 1. The van der Waals surface area contributed by atoms with Crippen LogP contribution >= 0.6 is 0 Å². The van der Waals surface area contributed by atoms with Gasteiger partial charge in [0.2, 0.25) is 0 Å². The molecule has 0 amide bonds. The maximum atomic E-state index is 12.7. The Kier molecular flexibility index (Phi) is 5.53. The van der Waals surface area contributed by atoms with Gasteiger partial charge in [-0.05, 0) is 63.8 Å². The van der Waals surface area contributed by atoms with Crippen LogP contribution < -0.4 is 5.32 Å². The van der Waals surface area contributed by atoms with Crippen LogP contribution in [0.1, 0.15) is 58.3 Å². The van der Waals surface area contributed by atoms with E-state index >= 15 is 0 Å². The van der Waals surface area contributed by atoms with Gasteiger partial charge in [-0.2, -0.15) is 13.2 Å². The Morgan fingerprint density at radius 2 is 1.90 bits per heavy atom. The van der Waals surface area contributed by atoms with Crippen LogP contribution in [0.4, 0.5) is 13.2 Å². The minimum absolute atomic E-state index is 0.309. The maximum Gasteiger partial charge on any atom is 0.391 e. The van der Waals surface area contributed by atoms with Gasteiger partial charge in [-0.25, -0.2) is 0 Å². The number of halogens is 3. The molecular weight excluding hydrogens is 263 g/mol. The lowest BCUT2D eigenvalue weighted by atomic mass is 9.75. The monoisotopic (exact) mass is 289 g/mol. The molecule has 0 saturated heterocycles. The van der Waals surface area contributed by atoms with Gasteiger partial charge in [-0.15, -0.1) is 0 Å². The van der Waals surface area contributed by atoms with Crippen LogP contribution in [0.3, 0.4) is 0 Å². The van der Waals surface area contributed by atoms with Crippen LogP contribution in [0.25, 0.3) is 0 Å². The summed E-state index contributed by atoms with van der Waals surface area (Å²) < 4.78 is 38.2. The molecule has 0 aromatic rings. The molecule has 2 rings (SSSR count). The highest BCUT2D eigenvalue weighted by atomic mass is 19.4. The van der Waals surface area contributed by atoms with Gasteiger partial charge in [0.15, 0.2) is 0 Å². The SMILES string of the molecule is CCNC(C1=CCCCC1)C1CCC(C(F)(F)F)CC1.